The molecule has 1 fully saturated rings. The molecule has 28 heavy (non-hydrogen) atoms. The number of carbonyl (C=O) groups is 2. The Morgan fingerprint density at radius 3 is 2.25 bits per heavy atom. The van der Waals surface area contributed by atoms with Gasteiger partial charge in [-0.15, -0.1) is 0 Å². The van der Waals surface area contributed by atoms with E-state index in [9.17, 15) is 9.59 Å². The molecule has 1 aliphatic heterocycles. The molecule has 2 N–H and O–H groups in total. The molecule has 0 bridgehead atoms. The van der Waals surface area contributed by atoms with Crippen LogP contribution in [-0.4, -0.2) is 37.6 Å². The zero-order valence-corrected chi connectivity index (χ0v) is 16.3. The van der Waals surface area contributed by atoms with Crippen LogP contribution < -0.4 is 10.6 Å². The van der Waals surface area contributed by atoms with Crippen LogP contribution in [0.2, 0.25) is 0 Å². The van der Waals surface area contributed by atoms with Crippen LogP contribution in [-0.2, 0) is 11.2 Å². The average molecular weight is 380 g/mol. The van der Waals surface area contributed by atoms with Crippen LogP contribution in [0, 0.1) is 5.92 Å². The highest BCUT2D eigenvalue weighted by Crippen LogP contribution is 2.18. The van der Waals surface area contributed by atoms with Crippen LogP contribution in [0.1, 0.15) is 46.0 Å². The molecule has 2 aromatic carbocycles. The second-order valence-corrected chi connectivity index (χ2v) is 7.29. The van der Waals surface area contributed by atoms with Gasteiger partial charge in [0.1, 0.15) is 0 Å². The second kappa shape index (κ2) is 10.0. The second-order valence-electron chi connectivity index (χ2n) is 7.29. The minimum atomic E-state index is -0.0764. The fraction of sp³-hybridized carbons (Fsp3) is 0.391. The minimum Gasteiger partial charge on any atom is -0.376 e. The molecule has 0 aliphatic carbocycles. The van der Waals surface area contributed by atoms with E-state index in [0.29, 0.717) is 30.8 Å². The molecule has 148 valence electrons. The zero-order chi connectivity index (χ0) is 19.8. The third-order valence-electron chi connectivity index (χ3n) is 5.00. The predicted molar refractivity (Wildman–Crippen MR) is 109 cm³/mol. The van der Waals surface area contributed by atoms with E-state index >= 15 is 0 Å². The molecular formula is C23H28N2O3. The van der Waals surface area contributed by atoms with Gasteiger partial charge in [-0.3, -0.25) is 9.59 Å². The summed E-state index contributed by atoms with van der Waals surface area (Å²) in [6, 6.07) is 17.0. The van der Waals surface area contributed by atoms with Gasteiger partial charge in [0.2, 0.25) is 0 Å². The molecule has 1 saturated heterocycles. The smallest absolute Gasteiger partial charge is 0.251 e. The summed E-state index contributed by atoms with van der Waals surface area (Å²) in [5.41, 5.74) is 2.58. The number of amides is 2. The molecule has 3 rings (SSSR count). The number of aryl methyl sites for hydroxylation is 1. The first-order chi connectivity index (χ1) is 13.7. The van der Waals surface area contributed by atoms with Crippen molar-refractivity contribution in [3.8, 4) is 0 Å². The number of rotatable bonds is 8. The molecule has 0 unspecified atom stereocenters. The van der Waals surface area contributed by atoms with Crippen LogP contribution >= 0.6 is 0 Å². The van der Waals surface area contributed by atoms with Gasteiger partial charge in [0.25, 0.3) is 11.8 Å². The Hall–Kier alpha value is -2.66. The van der Waals surface area contributed by atoms with Crippen LogP contribution in [0.4, 0.5) is 0 Å². The summed E-state index contributed by atoms with van der Waals surface area (Å²) >= 11 is 0. The molecule has 1 heterocycles. The maximum Gasteiger partial charge on any atom is 0.251 e. The van der Waals surface area contributed by atoms with Crippen molar-refractivity contribution in [2.45, 2.75) is 32.3 Å². The molecule has 0 spiro atoms. The first-order valence-corrected chi connectivity index (χ1v) is 9.97. The fourth-order valence-corrected chi connectivity index (χ4v) is 3.41. The van der Waals surface area contributed by atoms with E-state index in [-0.39, 0.29) is 23.8 Å². The molecular weight excluding hydrogens is 352 g/mol. The van der Waals surface area contributed by atoms with Gasteiger partial charge in [0.15, 0.2) is 0 Å². The highest BCUT2D eigenvalue weighted by Gasteiger charge is 2.26. The molecule has 0 saturated carbocycles. The topological polar surface area (TPSA) is 67.4 Å². The third kappa shape index (κ3) is 5.67. The Kier molecular flexibility index (Phi) is 7.20. The lowest BCUT2D eigenvalue weighted by Crippen LogP contribution is -2.32. The molecule has 2 atom stereocenters. The molecule has 2 amide bonds. The Labute approximate surface area is 166 Å². The van der Waals surface area contributed by atoms with Gasteiger partial charge in [-0.25, -0.2) is 0 Å². The standard InChI is InChI=1S/C23H28N2O3/c1-2-6-17-9-11-20(12-10-17)23(27)25-15-21-13-18(16-28-21)14-24-22(26)19-7-4-3-5-8-19/h3-5,7-12,18,21H,2,6,13-16H2,1H3,(H,24,26)(H,25,27)/t18-,21+/m1/s1. The van der Waals surface area contributed by atoms with Gasteiger partial charge in [0, 0.05) is 30.1 Å². The summed E-state index contributed by atoms with van der Waals surface area (Å²) < 4.78 is 5.77. The monoisotopic (exact) mass is 380 g/mol. The Morgan fingerprint density at radius 2 is 1.57 bits per heavy atom. The lowest BCUT2D eigenvalue weighted by molar-refractivity contribution is 0.0843. The normalized spacial score (nSPS) is 18.6. The van der Waals surface area contributed by atoms with Crippen molar-refractivity contribution in [3.63, 3.8) is 0 Å². The van der Waals surface area contributed by atoms with E-state index in [0.717, 1.165) is 19.3 Å². The van der Waals surface area contributed by atoms with Crippen molar-refractivity contribution >= 4 is 11.8 Å². The van der Waals surface area contributed by atoms with E-state index < -0.39 is 0 Å². The van der Waals surface area contributed by atoms with Crippen LogP contribution in [0.3, 0.4) is 0 Å². The quantitative estimate of drug-likeness (QED) is 0.739. The van der Waals surface area contributed by atoms with Crippen molar-refractivity contribution in [1.29, 1.82) is 0 Å². The number of hydrogen-bond donors (Lipinski definition) is 2. The summed E-state index contributed by atoms with van der Waals surface area (Å²) in [6.45, 7) is 3.81. The van der Waals surface area contributed by atoms with Crippen molar-refractivity contribution in [2.75, 3.05) is 19.7 Å². The van der Waals surface area contributed by atoms with E-state index in [1.807, 2.05) is 42.5 Å². The van der Waals surface area contributed by atoms with Crippen molar-refractivity contribution in [1.82, 2.24) is 10.6 Å². The third-order valence-corrected chi connectivity index (χ3v) is 5.00. The maximum atomic E-state index is 12.3. The van der Waals surface area contributed by atoms with Crippen molar-refractivity contribution in [2.24, 2.45) is 5.92 Å². The molecule has 5 heteroatoms. The van der Waals surface area contributed by atoms with E-state index in [4.69, 9.17) is 4.74 Å². The number of ether oxygens (including phenoxy) is 1. The average Bonchev–Trinajstić information content (AvgIpc) is 3.19. The summed E-state index contributed by atoms with van der Waals surface area (Å²) in [6.07, 6.45) is 2.93. The van der Waals surface area contributed by atoms with Crippen LogP contribution in [0.5, 0.6) is 0 Å². The summed E-state index contributed by atoms with van der Waals surface area (Å²) in [7, 11) is 0. The first-order valence-electron chi connectivity index (χ1n) is 9.97. The highest BCUT2D eigenvalue weighted by atomic mass is 16.5. The minimum absolute atomic E-state index is 0.0121. The van der Waals surface area contributed by atoms with Gasteiger partial charge in [-0.2, -0.15) is 0 Å². The highest BCUT2D eigenvalue weighted by molar-refractivity contribution is 5.94. The van der Waals surface area contributed by atoms with Crippen molar-refractivity contribution in [3.05, 3.63) is 71.3 Å². The summed E-state index contributed by atoms with van der Waals surface area (Å²) in [5.74, 6) is 0.124. The van der Waals surface area contributed by atoms with Gasteiger partial charge in [0.05, 0.1) is 12.7 Å². The number of carbonyl (C=O) groups excluding carboxylic acids is 2. The Morgan fingerprint density at radius 1 is 0.929 bits per heavy atom. The van der Waals surface area contributed by atoms with Gasteiger partial charge >= 0.3 is 0 Å². The maximum absolute atomic E-state index is 12.3. The van der Waals surface area contributed by atoms with Crippen LogP contribution in [0.15, 0.2) is 54.6 Å². The fourth-order valence-electron chi connectivity index (χ4n) is 3.41. The molecule has 0 radical (unpaired) electrons. The number of nitrogens with one attached hydrogen (secondary N) is 2. The molecule has 2 aromatic rings. The van der Waals surface area contributed by atoms with Gasteiger partial charge < -0.3 is 15.4 Å². The summed E-state index contributed by atoms with van der Waals surface area (Å²) in [5, 5.41) is 5.91. The predicted octanol–water partition coefficient (Wildman–Crippen LogP) is 3.20. The molecule has 0 aromatic heterocycles. The van der Waals surface area contributed by atoms with E-state index in [1.54, 1.807) is 12.1 Å². The van der Waals surface area contributed by atoms with E-state index in [2.05, 4.69) is 17.6 Å². The zero-order valence-electron chi connectivity index (χ0n) is 16.3. The van der Waals surface area contributed by atoms with Crippen molar-refractivity contribution < 1.29 is 14.3 Å². The first kappa shape index (κ1) is 20.1. The van der Waals surface area contributed by atoms with Gasteiger partial charge in [-0.1, -0.05) is 43.7 Å². The molecule has 5 nitrogen and oxygen atoms in total. The summed E-state index contributed by atoms with van der Waals surface area (Å²) in [4.78, 5) is 24.4. The lowest BCUT2D eigenvalue weighted by Gasteiger charge is -2.12. The SMILES string of the molecule is CCCc1ccc(C(=O)NC[C@@H]2C[C@H](CNC(=O)c3ccccc3)CO2)cc1. The van der Waals surface area contributed by atoms with Crippen LogP contribution in [0.25, 0.3) is 0 Å². The van der Waals surface area contributed by atoms with Gasteiger partial charge in [-0.05, 0) is 42.7 Å². The Balaban J connectivity index is 1.38. The lowest BCUT2D eigenvalue weighted by atomic mass is 10.0. The number of benzene rings is 2. The van der Waals surface area contributed by atoms with E-state index in [1.165, 1.54) is 5.56 Å². The number of hydrogen-bond acceptors (Lipinski definition) is 3. The Bertz CT molecular complexity index is 774. The largest absolute Gasteiger partial charge is 0.376 e. The molecule has 1 aliphatic rings.